The highest BCUT2D eigenvalue weighted by molar-refractivity contribution is 5.96. The fourth-order valence-corrected chi connectivity index (χ4v) is 2.62. The van der Waals surface area contributed by atoms with Crippen LogP contribution in [0, 0.1) is 6.92 Å². The van der Waals surface area contributed by atoms with Crippen LogP contribution in [0.4, 0.5) is 5.69 Å². The molecule has 1 amide bonds. The van der Waals surface area contributed by atoms with Gasteiger partial charge in [0, 0.05) is 30.4 Å². The zero-order valence-electron chi connectivity index (χ0n) is 11.8. The van der Waals surface area contributed by atoms with E-state index in [0.29, 0.717) is 11.7 Å². The van der Waals surface area contributed by atoms with Crippen molar-refractivity contribution in [2.45, 2.75) is 32.7 Å². The van der Waals surface area contributed by atoms with Crippen molar-refractivity contribution in [2.24, 2.45) is 0 Å². The molecule has 1 aromatic carbocycles. The highest BCUT2D eigenvalue weighted by atomic mass is 16.2. The van der Waals surface area contributed by atoms with Gasteiger partial charge in [-0.3, -0.25) is 4.79 Å². The Bertz CT molecular complexity index is 453. The van der Waals surface area contributed by atoms with E-state index in [2.05, 4.69) is 12.2 Å². The standard InChI is InChI=1S/C15H23N3O/c1-3-8-18(13-6-7-17-10-13)15(19)14-9-12(16)5-4-11(14)2/h4-5,9,13,17H,3,6-8,10,16H2,1-2H3. The van der Waals surface area contributed by atoms with E-state index in [1.54, 1.807) is 6.07 Å². The van der Waals surface area contributed by atoms with Crippen LogP contribution in [0.15, 0.2) is 18.2 Å². The van der Waals surface area contributed by atoms with Gasteiger partial charge in [-0.25, -0.2) is 0 Å². The lowest BCUT2D eigenvalue weighted by atomic mass is 10.0. The summed E-state index contributed by atoms with van der Waals surface area (Å²) in [7, 11) is 0. The van der Waals surface area contributed by atoms with Gasteiger partial charge in [-0.05, 0) is 44.0 Å². The van der Waals surface area contributed by atoms with Gasteiger partial charge in [0.2, 0.25) is 0 Å². The minimum atomic E-state index is 0.111. The van der Waals surface area contributed by atoms with Gasteiger partial charge in [-0.1, -0.05) is 13.0 Å². The van der Waals surface area contributed by atoms with Gasteiger partial charge in [-0.2, -0.15) is 0 Å². The second-order valence-electron chi connectivity index (χ2n) is 5.22. The first kappa shape index (κ1) is 13.9. The lowest BCUT2D eigenvalue weighted by Crippen LogP contribution is -2.42. The Labute approximate surface area is 115 Å². The number of amides is 1. The second kappa shape index (κ2) is 6.06. The number of aryl methyl sites for hydroxylation is 1. The molecule has 19 heavy (non-hydrogen) atoms. The number of carbonyl (C=O) groups excluding carboxylic acids is 1. The summed E-state index contributed by atoms with van der Waals surface area (Å²) in [5.41, 5.74) is 8.19. The molecule has 1 heterocycles. The molecule has 2 rings (SSSR count). The van der Waals surface area contributed by atoms with Crippen LogP contribution in [-0.2, 0) is 0 Å². The van der Waals surface area contributed by atoms with Gasteiger partial charge in [-0.15, -0.1) is 0 Å². The number of carbonyl (C=O) groups is 1. The first-order valence-corrected chi connectivity index (χ1v) is 7.01. The monoisotopic (exact) mass is 261 g/mol. The normalized spacial score (nSPS) is 18.5. The van der Waals surface area contributed by atoms with E-state index in [4.69, 9.17) is 5.73 Å². The van der Waals surface area contributed by atoms with E-state index in [-0.39, 0.29) is 5.91 Å². The highest BCUT2D eigenvalue weighted by Gasteiger charge is 2.27. The Morgan fingerprint density at radius 3 is 2.95 bits per heavy atom. The third-order valence-electron chi connectivity index (χ3n) is 3.69. The number of nitrogens with zero attached hydrogens (tertiary/aromatic N) is 1. The third kappa shape index (κ3) is 3.07. The number of anilines is 1. The molecule has 0 bridgehead atoms. The van der Waals surface area contributed by atoms with Crippen molar-refractivity contribution in [2.75, 3.05) is 25.4 Å². The molecular formula is C15H23N3O. The van der Waals surface area contributed by atoms with Crippen molar-refractivity contribution >= 4 is 11.6 Å². The van der Waals surface area contributed by atoms with E-state index in [1.165, 1.54) is 0 Å². The van der Waals surface area contributed by atoms with Crippen LogP contribution in [0.2, 0.25) is 0 Å². The summed E-state index contributed by atoms with van der Waals surface area (Å²) in [5.74, 6) is 0.111. The number of hydrogen-bond acceptors (Lipinski definition) is 3. The molecule has 0 radical (unpaired) electrons. The molecule has 4 nitrogen and oxygen atoms in total. The molecule has 1 aliphatic heterocycles. The maximum absolute atomic E-state index is 12.7. The Hall–Kier alpha value is -1.55. The molecular weight excluding hydrogens is 238 g/mol. The van der Waals surface area contributed by atoms with Gasteiger partial charge >= 0.3 is 0 Å². The van der Waals surface area contributed by atoms with Crippen molar-refractivity contribution in [1.29, 1.82) is 0 Å². The molecule has 1 aliphatic rings. The molecule has 4 heteroatoms. The Morgan fingerprint density at radius 1 is 1.53 bits per heavy atom. The predicted octanol–water partition coefficient (Wildman–Crippen LogP) is 1.79. The molecule has 3 N–H and O–H groups in total. The lowest BCUT2D eigenvalue weighted by molar-refractivity contribution is 0.0691. The molecule has 0 saturated carbocycles. The zero-order chi connectivity index (χ0) is 13.8. The van der Waals surface area contributed by atoms with Gasteiger partial charge in [0.05, 0.1) is 0 Å². The average Bonchev–Trinajstić information content (AvgIpc) is 2.92. The van der Waals surface area contributed by atoms with Crippen molar-refractivity contribution < 1.29 is 4.79 Å². The van der Waals surface area contributed by atoms with Crippen LogP contribution in [-0.4, -0.2) is 36.5 Å². The number of nitrogens with one attached hydrogen (secondary N) is 1. The highest BCUT2D eigenvalue weighted by Crippen LogP contribution is 2.19. The summed E-state index contributed by atoms with van der Waals surface area (Å²) < 4.78 is 0. The summed E-state index contributed by atoms with van der Waals surface area (Å²) in [6.07, 6.45) is 2.01. The van der Waals surface area contributed by atoms with Gasteiger partial charge < -0.3 is 16.0 Å². The van der Waals surface area contributed by atoms with Crippen molar-refractivity contribution in [1.82, 2.24) is 10.2 Å². The fraction of sp³-hybridized carbons (Fsp3) is 0.533. The number of rotatable bonds is 4. The molecule has 1 saturated heterocycles. The molecule has 1 atom stereocenters. The Balaban J connectivity index is 2.25. The Kier molecular flexibility index (Phi) is 4.43. The van der Waals surface area contributed by atoms with Crippen LogP contribution in [0.5, 0.6) is 0 Å². The van der Waals surface area contributed by atoms with E-state index in [9.17, 15) is 4.79 Å². The first-order chi connectivity index (χ1) is 9.13. The van der Waals surface area contributed by atoms with Crippen molar-refractivity contribution in [3.05, 3.63) is 29.3 Å². The van der Waals surface area contributed by atoms with E-state index >= 15 is 0 Å². The maximum atomic E-state index is 12.7. The second-order valence-corrected chi connectivity index (χ2v) is 5.22. The number of hydrogen-bond donors (Lipinski definition) is 2. The van der Waals surface area contributed by atoms with Gasteiger partial charge in [0.25, 0.3) is 5.91 Å². The van der Waals surface area contributed by atoms with Gasteiger partial charge in [0.1, 0.15) is 0 Å². The molecule has 1 aromatic rings. The molecule has 0 aromatic heterocycles. The summed E-state index contributed by atoms with van der Waals surface area (Å²) in [4.78, 5) is 14.7. The van der Waals surface area contributed by atoms with E-state index in [1.807, 2.05) is 24.0 Å². The summed E-state index contributed by atoms with van der Waals surface area (Å²) in [6.45, 7) is 6.76. The van der Waals surface area contributed by atoms with E-state index in [0.717, 1.165) is 43.6 Å². The zero-order valence-corrected chi connectivity index (χ0v) is 11.8. The summed E-state index contributed by atoms with van der Waals surface area (Å²) >= 11 is 0. The van der Waals surface area contributed by atoms with Crippen molar-refractivity contribution in [3.63, 3.8) is 0 Å². The topological polar surface area (TPSA) is 58.4 Å². The summed E-state index contributed by atoms with van der Waals surface area (Å²) in [6, 6.07) is 5.86. The number of benzene rings is 1. The van der Waals surface area contributed by atoms with Crippen LogP contribution in [0.25, 0.3) is 0 Å². The average molecular weight is 261 g/mol. The number of nitrogens with two attached hydrogens (primary N) is 1. The molecule has 0 aliphatic carbocycles. The SMILES string of the molecule is CCCN(C(=O)c1cc(N)ccc1C)C1CCNC1. The quantitative estimate of drug-likeness (QED) is 0.812. The minimum Gasteiger partial charge on any atom is -0.399 e. The van der Waals surface area contributed by atoms with Crippen LogP contribution in [0.1, 0.15) is 35.7 Å². The number of nitrogen functional groups attached to an aromatic ring is 1. The summed E-state index contributed by atoms with van der Waals surface area (Å²) in [5, 5.41) is 3.32. The van der Waals surface area contributed by atoms with E-state index < -0.39 is 0 Å². The molecule has 0 spiro atoms. The van der Waals surface area contributed by atoms with Crippen molar-refractivity contribution in [3.8, 4) is 0 Å². The Morgan fingerprint density at radius 2 is 2.32 bits per heavy atom. The predicted molar refractivity (Wildman–Crippen MR) is 78.2 cm³/mol. The third-order valence-corrected chi connectivity index (χ3v) is 3.69. The molecule has 104 valence electrons. The largest absolute Gasteiger partial charge is 0.399 e. The smallest absolute Gasteiger partial charge is 0.254 e. The minimum absolute atomic E-state index is 0.111. The maximum Gasteiger partial charge on any atom is 0.254 e. The fourth-order valence-electron chi connectivity index (χ4n) is 2.62. The van der Waals surface area contributed by atoms with Gasteiger partial charge in [0.15, 0.2) is 0 Å². The van der Waals surface area contributed by atoms with Crippen LogP contribution in [0.3, 0.4) is 0 Å². The first-order valence-electron chi connectivity index (χ1n) is 7.01. The van der Waals surface area contributed by atoms with Crippen LogP contribution < -0.4 is 11.1 Å². The lowest BCUT2D eigenvalue weighted by Gasteiger charge is -2.29. The molecule has 1 unspecified atom stereocenters. The van der Waals surface area contributed by atoms with Crippen LogP contribution >= 0.6 is 0 Å². The molecule has 1 fully saturated rings.